The number of rotatable bonds is 5. The van der Waals surface area contributed by atoms with Gasteiger partial charge in [-0.25, -0.2) is 0 Å². The van der Waals surface area contributed by atoms with Gasteiger partial charge < -0.3 is 14.5 Å². The number of nitro groups is 1. The Bertz CT molecular complexity index is 1140. The minimum Gasteiger partial charge on any atom is -0.497 e. The molecule has 1 fully saturated rings. The zero-order chi connectivity index (χ0) is 22.7. The third-order valence-corrected chi connectivity index (χ3v) is 5.56. The minimum atomic E-state index is -0.460. The molecule has 1 aromatic heterocycles. The quantitative estimate of drug-likeness (QED) is 0.449. The lowest BCUT2D eigenvalue weighted by atomic mass is 10.1. The van der Waals surface area contributed by atoms with E-state index in [2.05, 4.69) is 15.1 Å². The SMILES string of the molecule is COc1cccc(-c2ccc(N3CCN(C(=O)c4ccc(C)c([N+](=O)[O-])c4)CC3)nn2)c1. The molecule has 1 saturated heterocycles. The van der Waals surface area contributed by atoms with E-state index in [9.17, 15) is 14.9 Å². The summed E-state index contributed by atoms with van der Waals surface area (Å²) in [6, 6.07) is 16.1. The molecule has 0 spiro atoms. The van der Waals surface area contributed by atoms with E-state index in [0.29, 0.717) is 37.3 Å². The number of amides is 1. The van der Waals surface area contributed by atoms with E-state index in [0.717, 1.165) is 22.8 Å². The molecule has 0 radical (unpaired) electrons. The molecule has 9 nitrogen and oxygen atoms in total. The molecular weight excluding hydrogens is 410 g/mol. The summed E-state index contributed by atoms with van der Waals surface area (Å²) in [7, 11) is 1.62. The van der Waals surface area contributed by atoms with Gasteiger partial charge in [0.2, 0.25) is 0 Å². The number of nitrogens with zero attached hydrogens (tertiary/aromatic N) is 5. The number of carbonyl (C=O) groups excluding carboxylic acids is 1. The van der Waals surface area contributed by atoms with Gasteiger partial charge in [-0.15, -0.1) is 10.2 Å². The van der Waals surface area contributed by atoms with Crippen molar-refractivity contribution in [3.63, 3.8) is 0 Å². The van der Waals surface area contributed by atoms with Gasteiger partial charge in [-0.05, 0) is 37.3 Å². The number of hydrogen-bond donors (Lipinski definition) is 0. The number of piperazine rings is 1. The zero-order valence-electron chi connectivity index (χ0n) is 17.9. The number of methoxy groups -OCH3 is 1. The summed E-state index contributed by atoms with van der Waals surface area (Å²) in [5, 5.41) is 19.9. The van der Waals surface area contributed by atoms with Crippen LogP contribution in [0, 0.1) is 17.0 Å². The lowest BCUT2D eigenvalue weighted by Crippen LogP contribution is -2.49. The van der Waals surface area contributed by atoms with Gasteiger partial charge in [-0.2, -0.15) is 0 Å². The summed E-state index contributed by atoms with van der Waals surface area (Å²) in [4.78, 5) is 27.3. The van der Waals surface area contributed by atoms with Gasteiger partial charge in [-0.3, -0.25) is 14.9 Å². The van der Waals surface area contributed by atoms with Crippen molar-refractivity contribution in [2.75, 3.05) is 38.2 Å². The second-order valence-electron chi connectivity index (χ2n) is 7.55. The van der Waals surface area contributed by atoms with Gasteiger partial charge in [0.15, 0.2) is 5.82 Å². The topological polar surface area (TPSA) is 102 Å². The molecule has 0 aliphatic carbocycles. The number of hydrogen-bond acceptors (Lipinski definition) is 7. The molecule has 2 aromatic carbocycles. The van der Waals surface area contributed by atoms with Crippen molar-refractivity contribution in [3.8, 4) is 17.0 Å². The van der Waals surface area contributed by atoms with Crippen LogP contribution in [0.5, 0.6) is 5.75 Å². The Hall–Kier alpha value is -4.01. The van der Waals surface area contributed by atoms with Gasteiger partial charge >= 0.3 is 0 Å². The van der Waals surface area contributed by atoms with Gasteiger partial charge in [0.05, 0.1) is 17.7 Å². The Morgan fingerprint density at radius 3 is 2.47 bits per heavy atom. The van der Waals surface area contributed by atoms with E-state index < -0.39 is 4.92 Å². The molecule has 0 unspecified atom stereocenters. The van der Waals surface area contributed by atoms with Crippen molar-refractivity contribution < 1.29 is 14.5 Å². The average Bonchev–Trinajstić information content (AvgIpc) is 2.84. The first-order chi connectivity index (χ1) is 15.5. The highest BCUT2D eigenvalue weighted by Gasteiger charge is 2.24. The van der Waals surface area contributed by atoms with Crippen LogP contribution in [0.1, 0.15) is 15.9 Å². The number of anilines is 1. The summed E-state index contributed by atoms with van der Waals surface area (Å²) < 4.78 is 5.26. The molecular formula is C23H23N5O4. The second kappa shape index (κ2) is 9.01. The monoisotopic (exact) mass is 433 g/mol. The maximum atomic E-state index is 12.8. The predicted molar refractivity (Wildman–Crippen MR) is 120 cm³/mol. The highest BCUT2D eigenvalue weighted by atomic mass is 16.6. The smallest absolute Gasteiger partial charge is 0.273 e. The lowest BCUT2D eigenvalue weighted by molar-refractivity contribution is -0.385. The Labute approximate surface area is 185 Å². The van der Waals surface area contributed by atoms with E-state index >= 15 is 0 Å². The number of aromatic nitrogens is 2. The molecule has 1 aliphatic heterocycles. The Kier molecular flexibility index (Phi) is 5.98. The van der Waals surface area contributed by atoms with Crippen LogP contribution < -0.4 is 9.64 Å². The molecule has 0 atom stereocenters. The van der Waals surface area contributed by atoms with E-state index in [1.807, 2.05) is 36.4 Å². The van der Waals surface area contributed by atoms with Crippen molar-refractivity contribution in [1.29, 1.82) is 0 Å². The summed E-state index contributed by atoms with van der Waals surface area (Å²) >= 11 is 0. The van der Waals surface area contributed by atoms with Crippen LogP contribution in [0.15, 0.2) is 54.6 Å². The number of benzene rings is 2. The molecule has 9 heteroatoms. The standard InChI is InChI=1S/C23H23N5O4/c1-16-6-7-18(15-21(16)28(30)31)23(29)27-12-10-26(11-13-27)22-9-8-20(24-25-22)17-4-3-5-19(14-17)32-2/h3-9,14-15H,10-13H2,1-2H3. The fourth-order valence-corrected chi connectivity index (χ4v) is 3.69. The van der Waals surface area contributed by atoms with E-state index in [1.54, 1.807) is 31.1 Å². The van der Waals surface area contributed by atoms with Gasteiger partial charge in [0, 0.05) is 48.9 Å². The number of carbonyl (C=O) groups is 1. The van der Waals surface area contributed by atoms with E-state index in [4.69, 9.17) is 4.74 Å². The lowest BCUT2D eigenvalue weighted by Gasteiger charge is -2.35. The largest absolute Gasteiger partial charge is 0.497 e. The Morgan fingerprint density at radius 2 is 1.81 bits per heavy atom. The van der Waals surface area contributed by atoms with E-state index in [-0.39, 0.29) is 11.6 Å². The third kappa shape index (κ3) is 4.36. The minimum absolute atomic E-state index is 0.0408. The Morgan fingerprint density at radius 1 is 1.03 bits per heavy atom. The molecule has 0 saturated carbocycles. The van der Waals surface area contributed by atoms with Crippen molar-refractivity contribution in [1.82, 2.24) is 15.1 Å². The molecule has 0 N–H and O–H groups in total. The molecule has 32 heavy (non-hydrogen) atoms. The van der Waals surface area contributed by atoms with Gasteiger partial charge in [0.1, 0.15) is 5.75 Å². The van der Waals surface area contributed by atoms with E-state index in [1.165, 1.54) is 6.07 Å². The molecule has 4 rings (SSSR count). The van der Waals surface area contributed by atoms with Crippen LogP contribution >= 0.6 is 0 Å². The van der Waals surface area contributed by atoms with Gasteiger partial charge in [-0.1, -0.05) is 18.2 Å². The summed E-state index contributed by atoms with van der Waals surface area (Å²) in [6.07, 6.45) is 0. The van der Waals surface area contributed by atoms with Crippen LogP contribution in [-0.4, -0.2) is 59.2 Å². The highest BCUT2D eigenvalue weighted by Crippen LogP contribution is 2.24. The van der Waals surface area contributed by atoms with Crippen LogP contribution in [0.25, 0.3) is 11.3 Å². The molecule has 1 amide bonds. The maximum Gasteiger partial charge on any atom is 0.273 e. The molecule has 2 heterocycles. The number of nitro benzene ring substituents is 1. The number of ether oxygens (including phenoxy) is 1. The molecule has 164 valence electrons. The zero-order valence-corrected chi connectivity index (χ0v) is 17.9. The fraction of sp³-hybridized carbons (Fsp3) is 0.261. The van der Waals surface area contributed by atoms with Crippen LogP contribution in [0.2, 0.25) is 0 Å². The Balaban J connectivity index is 1.41. The summed E-state index contributed by atoms with van der Waals surface area (Å²) in [6.45, 7) is 3.87. The van der Waals surface area contributed by atoms with Crippen LogP contribution in [0.4, 0.5) is 11.5 Å². The maximum absolute atomic E-state index is 12.8. The predicted octanol–water partition coefficient (Wildman–Crippen LogP) is 3.33. The first-order valence-electron chi connectivity index (χ1n) is 10.2. The molecule has 0 bridgehead atoms. The first kappa shape index (κ1) is 21.2. The van der Waals surface area contributed by atoms with Gasteiger partial charge in [0.25, 0.3) is 11.6 Å². The second-order valence-corrected chi connectivity index (χ2v) is 7.55. The van der Waals surface area contributed by atoms with Crippen molar-refractivity contribution >= 4 is 17.4 Å². The summed E-state index contributed by atoms with van der Waals surface area (Å²) in [5.41, 5.74) is 2.50. The van der Waals surface area contributed by atoms with Crippen molar-refractivity contribution in [3.05, 3.63) is 75.8 Å². The first-order valence-corrected chi connectivity index (χ1v) is 10.2. The van der Waals surface area contributed by atoms with Crippen LogP contribution in [0.3, 0.4) is 0 Å². The highest BCUT2D eigenvalue weighted by molar-refractivity contribution is 5.95. The van der Waals surface area contributed by atoms with Crippen LogP contribution in [-0.2, 0) is 0 Å². The summed E-state index contributed by atoms with van der Waals surface area (Å²) in [5.74, 6) is 1.30. The molecule has 3 aromatic rings. The van der Waals surface area contributed by atoms with Crippen molar-refractivity contribution in [2.24, 2.45) is 0 Å². The third-order valence-electron chi connectivity index (χ3n) is 5.56. The number of aryl methyl sites for hydroxylation is 1. The fourth-order valence-electron chi connectivity index (χ4n) is 3.69. The normalized spacial score (nSPS) is 13.7. The van der Waals surface area contributed by atoms with Crippen molar-refractivity contribution in [2.45, 2.75) is 6.92 Å². The average molecular weight is 433 g/mol. The molecule has 1 aliphatic rings.